The molecule has 12 heteroatoms. The Morgan fingerprint density at radius 1 is 1.15 bits per heavy atom. The first-order valence-electron chi connectivity index (χ1n) is 9.89. The summed E-state index contributed by atoms with van der Waals surface area (Å²) in [6, 6.07) is 7.33. The molecule has 0 aliphatic heterocycles. The summed E-state index contributed by atoms with van der Waals surface area (Å²) in [6.07, 6.45) is -6.20. The van der Waals surface area contributed by atoms with Crippen LogP contribution in [0.2, 0.25) is 0 Å². The zero-order valence-electron chi connectivity index (χ0n) is 18.4. The maximum atomic E-state index is 13.0. The molecule has 2 rings (SSSR count). The van der Waals surface area contributed by atoms with E-state index in [0.29, 0.717) is 0 Å². The Labute approximate surface area is 189 Å². The second-order valence-corrected chi connectivity index (χ2v) is 9.01. The van der Waals surface area contributed by atoms with E-state index in [1.807, 2.05) is 0 Å². The van der Waals surface area contributed by atoms with Crippen molar-refractivity contribution in [2.24, 2.45) is 5.92 Å². The van der Waals surface area contributed by atoms with Gasteiger partial charge in [-0.3, -0.25) is 9.52 Å². The first-order valence-corrected chi connectivity index (χ1v) is 11.4. The van der Waals surface area contributed by atoms with Gasteiger partial charge in [-0.1, -0.05) is 19.9 Å². The lowest BCUT2D eigenvalue weighted by atomic mass is 10.1. The molecule has 0 spiro atoms. The smallest absolute Gasteiger partial charge is 0.492 e. The van der Waals surface area contributed by atoms with E-state index in [-0.39, 0.29) is 40.1 Å². The van der Waals surface area contributed by atoms with Gasteiger partial charge in [0.25, 0.3) is 15.9 Å². The number of rotatable bonds is 9. The number of aliphatic hydroxyl groups excluding tert-OH is 1. The van der Waals surface area contributed by atoms with Gasteiger partial charge in [0.2, 0.25) is 0 Å². The highest BCUT2D eigenvalue weighted by molar-refractivity contribution is 7.92. The Bertz CT molecular complexity index is 1100. The molecule has 0 saturated carbocycles. The van der Waals surface area contributed by atoms with E-state index >= 15 is 0 Å². The zero-order valence-corrected chi connectivity index (χ0v) is 19.2. The van der Waals surface area contributed by atoms with Crippen LogP contribution in [0.3, 0.4) is 0 Å². The number of benzene rings is 2. The van der Waals surface area contributed by atoms with Gasteiger partial charge in [0, 0.05) is 17.3 Å². The summed E-state index contributed by atoms with van der Waals surface area (Å²) < 4.78 is 75.3. The number of amides is 1. The van der Waals surface area contributed by atoms with Crippen LogP contribution in [-0.4, -0.2) is 38.5 Å². The van der Waals surface area contributed by atoms with Crippen LogP contribution in [0.4, 0.5) is 24.5 Å². The number of halogens is 3. The van der Waals surface area contributed by atoms with Crippen molar-refractivity contribution in [2.45, 2.75) is 45.1 Å². The fraction of sp³-hybridized carbons (Fsp3) is 0.381. The van der Waals surface area contributed by atoms with Crippen molar-refractivity contribution in [3.8, 4) is 11.5 Å². The minimum absolute atomic E-state index is 0.0667. The van der Waals surface area contributed by atoms with Crippen molar-refractivity contribution < 1.29 is 41.0 Å². The highest BCUT2D eigenvalue weighted by atomic mass is 32.2. The molecular weight excluding hydrogens is 465 g/mol. The molecule has 0 saturated heterocycles. The predicted octanol–water partition coefficient (Wildman–Crippen LogP) is 4.05. The molecule has 0 bridgehead atoms. The van der Waals surface area contributed by atoms with E-state index in [4.69, 9.17) is 4.74 Å². The third-order valence-corrected chi connectivity index (χ3v) is 5.86. The molecule has 8 nitrogen and oxygen atoms in total. The number of carbonyl (C=O) groups is 1. The highest BCUT2D eigenvalue weighted by Gasteiger charge is 2.32. The van der Waals surface area contributed by atoms with Gasteiger partial charge in [0.05, 0.1) is 12.3 Å². The van der Waals surface area contributed by atoms with Gasteiger partial charge in [-0.2, -0.15) is 0 Å². The van der Waals surface area contributed by atoms with Crippen molar-refractivity contribution >= 4 is 27.3 Å². The molecular formula is C21H25F3N2O6S. The monoisotopic (exact) mass is 490 g/mol. The second-order valence-electron chi connectivity index (χ2n) is 7.35. The molecule has 2 aromatic rings. The summed E-state index contributed by atoms with van der Waals surface area (Å²) in [5.41, 5.74) is 0.0124. The van der Waals surface area contributed by atoms with Gasteiger partial charge < -0.3 is 19.9 Å². The largest absolute Gasteiger partial charge is 0.573 e. The van der Waals surface area contributed by atoms with Crippen LogP contribution in [0.5, 0.6) is 11.5 Å². The Kier molecular flexibility index (Phi) is 8.20. The summed E-state index contributed by atoms with van der Waals surface area (Å²) in [7, 11) is -4.30. The SMILES string of the molecule is CCOc1cc(NC(=O)[C@@H](O)C(C)C)ccc1S(=O)(=O)Nc1cccc(OC(F)(F)F)c1C. The van der Waals surface area contributed by atoms with Gasteiger partial charge in [0.15, 0.2) is 0 Å². The lowest BCUT2D eigenvalue weighted by Crippen LogP contribution is -2.31. The van der Waals surface area contributed by atoms with Gasteiger partial charge >= 0.3 is 6.36 Å². The minimum atomic E-state index is -4.94. The van der Waals surface area contributed by atoms with Crippen molar-refractivity contribution in [1.82, 2.24) is 0 Å². The molecule has 33 heavy (non-hydrogen) atoms. The Morgan fingerprint density at radius 2 is 1.82 bits per heavy atom. The fourth-order valence-electron chi connectivity index (χ4n) is 2.76. The number of anilines is 2. The molecule has 182 valence electrons. The number of hydrogen-bond acceptors (Lipinski definition) is 6. The summed E-state index contributed by atoms with van der Waals surface area (Å²) in [5, 5.41) is 12.3. The van der Waals surface area contributed by atoms with E-state index in [1.165, 1.54) is 37.3 Å². The molecule has 0 radical (unpaired) electrons. The third kappa shape index (κ3) is 6.99. The topological polar surface area (TPSA) is 114 Å². The van der Waals surface area contributed by atoms with Crippen LogP contribution in [-0.2, 0) is 14.8 Å². The Balaban J connectivity index is 2.37. The summed E-state index contributed by atoms with van der Waals surface area (Å²) in [6.45, 7) is 6.32. The van der Waals surface area contributed by atoms with Crippen molar-refractivity contribution in [3.05, 3.63) is 42.0 Å². The number of alkyl halides is 3. The fourth-order valence-corrected chi connectivity index (χ4v) is 4.01. The van der Waals surface area contributed by atoms with Crippen LogP contribution in [0.25, 0.3) is 0 Å². The average molecular weight is 491 g/mol. The van der Waals surface area contributed by atoms with E-state index in [0.717, 1.165) is 6.07 Å². The Hall–Kier alpha value is -2.99. The van der Waals surface area contributed by atoms with E-state index in [2.05, 4.69) is 14.8 Å². The predicted molar refractivity (Wildman–Crippen MR) is 116 cm³/mol. The van der Waals surface area contributed by atoms with Crippen LogP contribution in [0.15, 0.2) is 41.3 Å². The van der Waals surface area contributed by atoms with E-state index in [1.54, 1.807) is 20.8 Å². The van der Waals surface area contributed by atoms with E-state index in [9.17, 15) is 31.5 Å². The molecule has 0 heterocycles. The molecule has 3 N–H and O–H groups in total. The molecule has 0 aromatic heterocycles. The summed E-state index contributed by atoms with van der Waals surface area (Å²) in [5.74, 6) is -1.64. The molecule has 0 aliphatic carbocycles. The first-order chi connectivity index (χ1) is 15.2. The van der Waals surface area contributed by atoms with Gasteiger partial charge in [-0.15, -0.1) is 13.2 Å². The van der Waals surface area contributed by atoms with Crippen LogP contribution >= 0.6 is 0 Å². The second kappa shape index (κ2) is 10.3. The first kappa shape index (κ1) is 26.3. The minimum Gasteiger partial charge on any atom is -0.492 e. The molecule has 2 aromatic carbocycles. The number of nitrogens with one attached hydrogen (secondary N) is 2. The van der Waals surface area contributed by atoms with Crippen molar-refractivity contribution in [2.75, 3.05) is 16.6 Å². The summed E-state index contributed by atoms with van der Waals surface area (Å²) >= 11 is 0. The zero-order chi connectivity index (χ0) is 25.0. The summed E-state index contributed by atoms with van der Waals surface area (Å²) in [4.78, 5) is 11.8. The molecule has 0 unspecified atom stereocenters. The highest BCUT2D eigenvalue weighted by Crippen LogP contribution is 2.34. The van der Waals surface area contributed by atoms with Gasteiger partial charge in [-0.05, 0) is 44.0 Å². The normalized spacial score (nSPS) is 12.9. The lowest BCUT2D eigenvalue weighted by Gasteiger charge is -2.18. The number of carbonyl (C=O) groups excluding carboxylic acids is 1. The number of ether oxygens (including phenoxy) is 2. The Morgan fingerprint density at radius 3 is 2.39 bits per heavy atom. The van der Waals surface area contributed by atoms with Crippen molar-refractivity contribution in [3.63, 3.8) is 0 Å². The number of sulfonamides is 1. The molecule has 1 atom stereocenters. The molecule has 1 amide bonds. The van der Waals surface area contributed by atoms with Crippen LogP contribution < -0.4 is 19.5 Å². The van der Waals surface area contributed by atoms with Crippen LogP contribution in [0, 0.1) is 12.8 Å². The standard InChI is InChI=1S/C21H25F3N2O6S/c1-5-31-17-11-14(25-20(28)19(27)12(2)3)9-10-18(17)33(29,30)26-15-7-6-8-16(13(15)4)32-21(22,23)24/h6-12,19,26-27H,5H2,1-4H3,(H,25,28)/t19-/m0/s1. The average Bonchev–Trinajstić information content (AvgIpc) is 2.69. The van der Waals surface area contributed by atoms with Crippen LogP contribution in [0.1, 0.15) is 26.3 Å². The van der Waals surface area contributed by atoms with Crippen molar-refractivity contribution in [1.29, 1.82) is 0 Å². The molecule has 0 aliphatic rings. The number of aliphatic hydroxyl groups is 1. The maximum Gasteiger partial charge on any atom is 0.573 e. The van der Waals surface area contributed by atoms with Gasteiger partial charge in [0.1, 0.15) is 22.5 Å². The lowest BCUT2D eigenvalue weighted by molar-refractivity contribution is -0.274. The quantitative estimate of drug-likeness (QED) is 0.489. The third-order valence-electron chi connectivity index (χ3n) is 4.45. The molecule has 0 fully saturated rings. The number of hydrogen-bond donors (Lipinski definition) is 3. The maximum absolute atomic E-state index is 13.0. The van der Waals surface area contributed by atoms with Gasteiger partial charge in [-0.25, -0.2) is 8.42 Å². The van der Waals surface area contributed by atoms with E-state index < -0.39 is 34.1 Å².